The highest BCUT2D eigenvalue weighted by molar-refractivity contribution is 6.07. The highest BCUT2D eigenvalue weighted by Crippen LogP contribution is 2.30. The molecule has 1 unspecified atom stereocenters. The number of benzene rings is 2. The fraction of sp³-hybridized carbons (Fsp3) is 0.333. The van der Waals surface area contributed by atoms with Gasteiger partial charge in [-0.1, -0.05) is 18.2 Å². The molecule has 2 aliphatic rings. The number of ketones is 1. The monoisotopic (exact) mass is 423 g/mol. The second kappa shape index (κ2) is 8.62. The molecule has 1 aromatic heterocycles. The van der Waals surface area contributed by atoms with Crippen molar-refractivity contribution in [2.75, 3.05) is 18.4 Å². The number of aromatic nitrogens is 1. The van der Waals surface area contributed by atoms with Gasteiger partial charge in [0.1, 0.15) is 0 Å². The van der Waals surface area contributed by atoms with Gasteiger partial charge in [-0.3, -0.25) is 9.59 Å². The van der Waals surface area contributed by atoms with E-state index >= 15 is 0 Å². The van der Waals surface area contributed by atoms with Gasteiger partial charge in [0.25, 0.3) is 5.91 Å². The van der Waals surface area contributed by atoms with Gasteiger partial charge in [0, 0.05) is 28.6 Å². The number of aryl methyl sites for hydroxylation is 1. The van der Waals surface area contributed by atoms with E-state index < -0.39 is 0 Å². The average Bonchev–Trinajstić information content (AvgIpc) is 3.36. The number of amides is 1. The number of aromatic amines is 1. The highest BCUT2D eigenvalue weighted by atomic mass is 35.5. The molecule has 2 aromatic carbocycles. The van der Waals surface area contributed by atoms with E-state index in [1.54, 1.807) is 0 Å². The van der Waals surface area contributed by atoms with Crippen molar-refractivity contribution in [1.29, 1.82) is 0 Å². The van der Waals surface area contributed by atoms with E-state index in [9.17, 15) is 9.59 Å². The third-order valence-electron chi connectivity index (χ3n) is 6.18. The fourth-order valence-corrected chi connectivity index (χ4v) is 4.60. The lowest BCUT2D eigenvalue weighted by Gasteiger charge is -2.10. The van der Waals surface area contributed by atoms with Crippen molar-refractivity contribution in [3.63, 3.8) is 0 Å². The van der Waals surface area contributed by atoms with E-state index in [0.717, 1.165) is 60.2 Å². The first-order valence-electron chi connectivity index (χ1n) is 10.5. The maximum atomic E-state index is 12.7. The number of nitrogens with one attached hydrogen (secondary N) is 3. The Hall–Kier alpha value is -2.63. The average molecular weight is 424 g/mol. The molecule has 0 saturated carbocycles. The first-order chi connectivity index (χ1) is 14.2. The smallest absolute Gasteiger partial charge is 0.255 e. The number of H-pyrrole nitrogens is 1. The topological polar surface area (TPSA) is 74.0 Å². The Balaban J connectivity index is 0.00000218. The Morgan fingerprint density at radius 1 is 1.10 bits per heavy atom. The van der Waals surface area contributed by atoms with Crippen LogP contribution < -0.4 is 10.6 Å². The normalized spacial score (nSPS) is 18.1. The van der Waals surface area contributed by atoms with Crippen molar-refractivity contribution in [3.05, 3.63) is 64.8 Å². The predicted molar refractivity (Wildman–Crippen MR) is 122 cm³/mol. The standard InChI is InChI=1S/C24H25N3O2.ClH/c28-22-3-1-2-20-19-9-8-18(13-21(19)27-23(20)22)26-24(29)17-6-4-15(5-7-17)12-16-10-11-25-14-16;/h4-9,13,16,25,27H,1-3,10-12,14H2,(H,26,29);1H. The molecule has 1 saturated heterocycles. The van der Waals surface area contributed by atoms with Crippen molar-refractivity contribution >= 4 is 40.7 Å². The van der Waals surface area contributed by atoms with Crippen LogP contribution in [0.2, 0.25) is 0 Å². The van der Waals surface area contributed by atoms with Gasteiger partial charge in [-0.25, -0.2) is 0 Å². The van der Waals surface area contributed by atoms with E-state index in [1.807, 2.05) is 30.3 Å². The van der Waals surface area contributed by atoms with Gasteiger partial charge in [-0.15, -0.1) is 12.4 Å². The minimum atomic E-state index is -0.120. The van der Waals surface area contributed by atoms with Crippen molar-refractivity contribution in [1.82, 2.24) is 10.3 Å². The second-order valence-corrected chi connectivity index (χ2v) is 8.23. The number of halogens is 1. The summed E-state index contributed by atoms with van der Waals surface area (Å²) in [7, 11) is 0. The van der Waals surface area contributed by atoms with Crippen molar-refractivity contribution in [2.24, 2.45) is 5.92 Å². The SMILES string of the molecule is Cl.O=C(Nc1ccc2c3c([nH]c2c1)C(=O)CCC3)c1ccc(CC2CCNC2)cc1. The summed E-state index contributed by atoms with van der Waals surface area (Å²) in [5, 5.41) is 7.46. The van der Waals surface area contributed by atoms with Crippen molar-refractivity contribution in [3.8, 4) is 0 Å². The van der Waals surface area contributed by atoms with Gasteiger partial charge in [0.05, 0.1) is 5.69 Å². The molecular formula is C24H26ClN3O2. The van der Waals surface area contributed by atoms with Crippen LogP contribution in [0.5, 0.6) is 0 Å². The molecule has 3 aromatic rings. The third kappa shape index (κ3) is 4.00. The van der Waals surface area contributed by atoms with E-state index in [4.69, 9.17) is 0 Å². The number of Topliss-reactive ketones (excluding diaryl/α,β-unsaturated/α-hetero) is 1. The second-order valence-electron chi connectivity index (χ2n) is 8.23. The van der Waals surface area contributed by atoms with Gasteiger partial charge >= 0.3 is 0 Å². The Bertz CT molecular complexity index is 1080. The van der Waals surface area contributed by atoms with Crippen LogP contribution in [-0.2, 0) is 12.8 Å². The lowest BCUT2D eigenvalue weighted by molar-refractivity contribution is 0.0967. The first-order valence-corrected chi connectivity index (χ1v) is 10.5. The maximum Gasteiger partial charge on any atom is 0.255 e. The van der Waals surface area contributed by atoms with Gasteiger partial charge in [-0.05, 0) is 80.1 Å². The molecule has 3 N–H and O–H groups in total. The molecule has 1 amide bonds. The molecule has 1 aliphatic carbocycles. The van der Waals surface area contributed by atoms with E-state index in [-0.39, 0.29) is 24.1 Å². The summed E-state index contributed by atoms with van der Waals surface area (Å²) in [5.74, 6) is 0.757. The molecule has 5 nitrogen and oxygen atoms in total. The van der Waals surface area contributed by atoms with Crippen LogP contribution in [-0.4, -0.2) is 29.8 Å². The minimum absolute atomic E-state index is 0. The predicted octanol–water partition coefficient (Wildman–Crippen LogP) is 4.51. The highest BCUT2D eigenvalue weighted by Gasteiger charge is 2.22. The van der Waals surface area contributed by atoms with Crippen LogP contribution in [0.15, 0.2) is 42.5 Å². The maximum absolute atomic E-state index is 12.7. The number of rotatable bonds is 4. The van der Waals surface area contributed by atoms with E-state index in [1.165, 1.54) is 12.0 Å². The molecule has 30 heavy (non-hydrogen) atoms. The van der Waals surface area contributed by atoms with E-state index in [0.29, 0.717) is 17.9 Å². The number of anilines is 1. The zero-order valence-corrected chi connectivity index (χ0v) is 17.6. The van der Waals surface area contributed by atoms with Gasteiger partial charge in [0.2, 0.25) is 0 Å². The summed E-state index contributed by atoms with van der Waals surface area (Å²) in [6.07, 6.45) is 4.72. The van der Waals surface area contributed by atoms with Crippen LogP contribution in [0.25, 0.3) is 10.9 Å². The molecule has 156 valence electrons. The van der Waals surface area contributed by atoms with Gasteiger partial charge in [-0.2, -0.15) is 0 Å². The zero-order valence-electron chi connectivity index (χ0n) is 16.8. The fourth-order valence-electron chi connectivity index (χ4n) is 4.60. The molecule has 1 atom stereocenters. The Kier molecular flexibility index (Phi) is 5.93. The van der Waals surface area contributed by atoms with Crippen LogP contribution in [0.3, 0.4) is 0 Å². The summed E-state index contributed by atoms with van der Waals surface area (Å²) in [5.41, 5.74) is 5.42. The van der Waals surface area contributed by atoms with Crippen LogP contribution in [0.1, 0.15) is 51.2 Å². The summed E-state index contributed by atoms with van der Waals surface area (Å²) in [6.45, 7) is 2.19. The Morgan fingerprint density at radius 2 is 1.93 bits per heavy atom. The molecule has 1 fully saturated rings. The molecule has 6 heteroatoms. The summed E-state index contributed by atoms with van der Waals surface area (Å²) < 4.78 is 0. The molecular weight excluding hydrogens is 398 g/mol. The molecule has 0 radical (unpaired) electrons. The van der Waals surface area contributed by atoms with Crippen LogP contribution >= 0.6 is 12.4 Å². The molecule has 0 spiro atoms. The lowest BCUT2D eigenvalue weighted by Crippen LogP contribution is -2.12. The van der Waals surface area contributed by atoms with Gasteiger partial charge < -0.3 is 15.6 Å². The molecule has 1 aliphatic heterocycles. The largest absolute Gasteiger partial charge is 0.352 e. The number of carbonyl (C=O) groups excluding carboxylic acids is 2. The number of fused-ring (bicyclic) bond motifs is 3. The third-order valence-corrected chi connectivity index (χ3v) is 6.18. The van der Waals surface area contributed by atoms with Crippen molar-refractivity contribution < 1.29 is 9.59 Å². The van der Waals surface area contributed by atoms with Crippen molar-refractivity contribution in [2.45, 2.75) is 32.1 Å². The number of carbonyl (C=O) groups is 2. The molecule has 0 bridgehead atoms. The van der Waals surface area contributed by atoms with Gasteiger partial charge in [0.15, 0.2) is 5.78 Å². The molecule has 5 rings (SSSR count). The van der Waals surface area contributed by atoms with Crippen LogP contribution in [0, 0.1) is 5.92 Å². The number of hydrogen-bond donors (Lipinski definition) is 3. The van der Waals surface area contributed by atoms with E-state index in [2.05, 4.69) is 27.8 Å². The Labute approximate surface area is 182 Å². The van der Waals surface area contributed by atoms with Crippen LogP contribution in [0.4, 0.5) is 5.69 Å². The quantitative estimate of drug-likeness (QED) is 0.577. The summed E-state index contributed by atoms with van der Waals surface area (Å²) in [6, 6.07) is 13.7. The lowest BCUT2D eigenvalue weighted by atomic mass is 9.95. The minimum Gasteiger partial charge on any atom is -0.352 e. The molecule has 2 heterocycles. The Morgan fingerprint density at radius 3 is 2.70 bits per heavy atom. The first kappa shape index (κ1) is 20.6. The number of hydrogen-bond acceptors (Lipinski definition) is 3. The zero-order chi connectivity index (χ0) is 19.8. The summed E-state index contributed by atoms with van der Waals surface area (Å²) >= 11 is 0. The summed E-state index contributed by atoms with van der Waals surface area (Å²) in [4.78, 5) is 28.1.